The third-order valence-corrected chi connectivity index (χ3v) is 2.26. The Hall–Kier alpha value is -1.55. The predicted octanol–water partition coefficient (Wildman–Crippen LogP) is 0.843. The number of aliphatic carboxylic acids is 1. The Kier molecular flexibility index (Phi) is 3.68. The molecule has 0 unspecified atom stereocenters. The van der Waals surface area contributed by atoms with E-state index in [4.69, 9.17) is 10.8 Å². The zero-order chi connectivity index (χ0) is 11.4. The smallest absolute Gasteiger partial charge is 0.322 e. The Bertz CT molecular complexity index is 335. The monoisotopic (exact) mass is 208 g/mol. The number of likely N-dealkylation sites (N-methyl/N-ethyl adjacent to an activating group) is 1. The number of aryl methyl sites for hydroxylation is 1. The van der Waals surface area contributed by atoms with Crippen molar-refractivity contribution < 1.29 is 9.90 Å². The van der Waals surface area contributed by atoms with Gasteiger partial charge in [0.2, 0.25) is 0 Å². The molecule has 0 aliphatic rings. The molecule has 1 atom stereocenters. The fourth-order valence-electron chi connectivity index (χ4n) is 1.28. The topological polar surface area (TPSA) is 66.6 Å². The Morgan fingerprint density at radius 3 is 2.47 bits per heavy atom. The third-order valence-electron chi connectivity index (χ3n) is 2.26. The highest BCUT2D eigenvalue weighted by Crippen LogP contribution is 2.13. The van der Waals surface area contributed by atoms with Gasteiger partial charge in [-0.2, -0.15) is 0 Å². The lowest BCUT2D eigenvalue weighted by atomic mass is 10.2. The molecule has 4 heteroatoms. The van der Waals surface area contributed by atoms with Gasteiger partial charge >= 0.3 is 5.97 Å². The summed E-state index contributed by atoms with van der Waals surface area (Å²) in [5, 5.41) is 8.67. The molecule has 0 aliphatic heterocycles. The molecule has 0 aromatic heterocycles. The minimum Gasteiger partial charge on any atom is -0.480 e. The van der Waals surface area contributed by atoms with Crippen LogP contribution in [-0.4, -0.2) is 30.7 Å². The van der Waals surface area contributed by atoms with E-state index >= 15 is 0 Å². The zero-order valence-corrected chi connectivity index (χ0v) is 8.97. The van der Waals surface area contributed by atoms with Crippen LogP contribution in [0.25, 0.3) is 0 Å². The van der Waals surface area contributed by atoms with Crippen molar-refractivity contribution in [2.24, 2.45) is 5.73 Å². The van der Waals surface area contributed by atoms with E-state index in [1.165, 1.54) is 5.56 Å². The van der Waals surface area contributed by atoms with Gasteiger partial charge in [0.15, 0.2) is 0 Å². The molecule has 0 heterocycles. The van der Waals surface area contributed by atoms with Crippen LogP contribution in [0.2, 0.25) is 0 Å². The molecule has 0 saturated carbocycles. The molecule has 0 aliphatic carbocycles. The van der Waals surface area contributed by atoms with E-state index < -0.39 is 12.0 Å². The van der Waals surface area contributed by atoms with Crippen LogP contribution in [0.15, 0.2) is 24.3 Å². The van der Waals surface area contributed by atoms with Crippen LogP contribution in [-0.2, 0) is 4.79 Å². The van der Waals surface area contributed by atoms with Crippen molar-refractivity contribution in [2.75, 3.05) is 18.5 Å². The largest absolute Gasteiger partial charge is 0.480 e. The van der Waals surface area contributed by atoms with Gasteiger partial charge in [0.1, 0.15) is 6.04 Å². The van der Waals surface area contributed by atoms with Crippen molar-refractivity contribution in [1.29, 1.82) is 0 Å². The molecular weight excluding hydrogens is 192 g/mol. The molecule has 0 saturated heterocycles. The number of nitrogens with zero attached hydrogens (tertiary/aromatic N) is 1. The first-order chi connectivity index (χ1) is 7.00. The second-order valence-electron chi connectivity index (χ2n) is 3.66. The van der Waals surface area contributed by atoms with E-state index in [1.54, 1.807) is 0 Å². The van der Waals surface area contributed by atoms with Gasteiger partial charge in [0.25, 0.3) is 0 Å². The van der Waals surface area contributed by atoms with Crippen molar-refractivity contribution in [2.45, 2.75) is 13.0 Å². The van der Waals surface area contributed by atoms with Gasteiger partial charge in [-0.15, -0.1) is 0 Å². The summed E-state index contributed by atoms with van der Waals surface area (Å²) in [7, 11) is 1.83. The van der Waals surface area contributed by atoms with Gasteiger partial charge in [-0.3, -0.25) is 4.79 Å². The minimum absolute atomic E-state index is 0.304. The number of carboxylic acid groups (broad SMARTS) is 1. The maximum absolute atomic E-state index is 10.6. The molecule has 0 fully saturated rings. The molecular formula is C11H16N2O2. The molecule has 3 N–H and O–H groups in total. The highest BCUT2D eigenvalue weighted by atomic mass is 16.4. The lowest BCUT2D eigenvalue weighted by molar-refractivity contribution is -0.138. The third kappa shape index (κ3) is 3.25. The molecule has 4 nitrogen and oxygen atoms in total. The van der Waals surface area contributed by atoms with E-state index in [2.05, 4.69) is 0 Å². The predicted molar refractivity (Wildman–Crippen MR) is 60.1 cm³/mol. The van der Waals surface area contributed by atoms with Crippen LogP contribution in [0.5, 0.6) is 0 Å². The van der Waals surface area contributed by atoms with Crippen molar-refractivity contribution in [3.8, 4) is 0 Å². The Morgan fingerprint density at radius 1 is 1.47 bits per heavy atom. The van der Waals surface area contributed by atoms with E-state index in [-0.39, 0.29) is 0 Å². The van der Waals surface area contributed by atoms with E-state index in [0.717, 1.165) is 5.69 Å². The first kappa shape index (κ1) is 11.5. The lowest BCUT2D eigenvalue weighted by Gasteiger charge is -2.21. The second kappa shape index (κ2) is 4.79. The average molecular weight is 208 g/mol. The standard InChI is InChI=1S/C11H16N2O2/c1-8-3-5-9(6-4-8)13(2)7-10(12)11(14)15/h3-6,10H,7,12H2,1-2H3,(H,14,15)/t10-/m0/s1. The maximum Gasteiger partial charge on any atom is 0.322 e. The first-order valence-electron chi connectivity index (χ1n) is 4.77. The molecule has 0 spiro atoms. The number of carbonyl (C=O) groups is 1. The first-order valence-corrected chi connectivity index (χ1v) is 4.77. The average Bonchev–Trinajstić information content (AvgIpc) is 2.18. The quantitative estimate of drug-likeness (QED) is 0.769. The molecule has 0 amide bonds. The van der Waals surface area contributed by atoms with Gasteiger partial charge in [0.05, 0.1) is 0 Å². The van der Waals surface area contributed by atoms with Crippen molar-refractivity contribution in [3.63, 3.8) is 0 Å². The fraction of sp³-hybridized carbons (Fsp3) is 0.364. The van der Waals surface area contributed by atoms with Gasteiger partial charge in [0, 0.05) is 19.3 Å². The number of rotatable bonds is 4. The summed E-state index contributed by atoms with van der Waals surface area (Å²) in [6.07, 6.45) is 0. The number of carboxylic acids is 1. The van der Waals surface area contributed by atoms with Crippen LogP contribution < -0.4 is 10.6 Å². The number of hydrogen-bond acceptors (Lipinski definition) is 3. The lowest BCUT2D eigenvalue weighted by Crippen LogP contribution is -2.41. The summed E-state index contributed by atoms with van der Waals surface area (Å²) in [5.41, 5.74) is 7.59. The summed E-state index contributed by atoms with van der Waals surface area (Å²) in [6.45, 7) is 2.31. The molecule has 82 valence electrons. The van der Waals surface area contributed by atoms with E-state index in [0.29, 0.717) is 6.54 Å². The summed E-state index contributed by atoms with van der Waals surface area (Å²) in [5.74, 6) is -0.978. The number of nitrogens with two attached hydrogens (primary N) is 1. The van der Waals surface area contributed by atoms with Crippen molar-refractivity contribution in [1.82, 2.24) is 0 Å². The molecule has 0 radical (unpaired) electrons. The summed E-state index contributed by atoms with van der Waals surface area (Å²) in [4.78, 5) is 12.4. The van der Waals surface area contributed by atoms with Gasteiger partial charge < -0.3 is 15.7 Å². The Morgan fingerprint density at radius 2 is 2.00 bits per heavy atom. The van der Waals surface area contributed by atoms with Crippen LogP contribution in [0.1, 0.15) is 5.56 Å². The normalized spacial score (nSPS) is 12.2. The van der Waals surface area contributed by atoms with Gasteiger partial charge in [-0.1, -0.05) is 17.7 Å². The maximum atomic E-state index is 10.6. The molecule has 15 heavy (non-hydrogen) atoms. The van der Waals surface area contributed by atoms with Crippen LogP contribution >= 0.6 is 0 Å². The summed E-state index contributed by atoms with van der Waals surface area (Å²) >= 11 is 0. The Balaban J connectivity index is 2.64. The molecule has 1 aromatic rings. The molecule has 1 rings (SSSR count). The number of anilines is 1. The zero-order valence-electron chi connectivity index (χ0n) is 8.97. The van der Waals surface area contributed by atoms with E-state index in [9.17, 15) is 4.79 Å². The second-order valence-corrected chi connectivity index (χ2v) is 3.66. The highest BCUT2D eigenvalue weighted by Gasteiger charge is 2.13. The van der Waals surface area contributed by atoms with Crippen molar-refractivity contribution in [3.05, 3.63) is 29.8 Å². The van der Waals surface area contributed by atoms with Crippen LogP contribution in [0, 0.1) is 6.92 Å². The molecule has 1 aromatic carbocycles. The van der Waals surface area contributed by atoms with Gasteiger partial charge in [-0.25, -0.2) is 0 Å². The van der Waals surface area contributed by atoms with Crippen LogP contribution in [0.4, 0.5) is 5.69 Å². The van der Waals surface area contributed by atoms with E-state index in [1.807, 2.05) is 43.1 Å². The number of benzene rings is 1. The van der Waals surface area contributed by atoms with Gasteiger partial charge in [-0.05, 0) is 19.1 Å². The van der Waals surface area contributed by atoms with Crippen LogP contribution in [0.3, 0.4) is 0 Å². The Labute approximate surface area is 89.3 Å². The molecule has 0 bridgehead atoms. The fourth-order valence-corrected chi connectivity index (χ4v) is 1.28. The SMILES string of the molecule is Cc1ccc(N(C)C[C@H](N)C(=O)O)cc1. The van der Waals surface area contributed by atoms with Crippen molar-refractivity contribution >= 4 is 11.7 Å². The number of hydrogen-bond donors (Lipinski definition) is 2. The summed E-state index contributed by atoms with van der Waals surface area (Å²) < 4.78 is 0. The minimum atomic E-state index is -0.978. The highest BCUT2D eigenvalue weighted by molar-refractivity contribution is 5.74. The summed E-state index contributed by atoms with van der Waals surface area (Å²) in [6, 6.07) is 7.01.